The first-order valence-corrected chi connectivity index (χ1v) is 10.4. The van der Waals surface area contributed by atoms with Crippen LogP contribution in [-0.2, 0) is 11.2 Å². The van der Waals surface area contributed by atoms with Crippen LogP contribution >= 0.6 is 0 Å². The molecule has 0 radical (unpaired) electrons. The molecule has 2 aliphatic rings. The van der Waals surface area contributed by atoms with Gasteiger partial charge in [-0.1, -0.05) is 48.5 Å². The van der Waals surface area contributed by atoms with Gasteiger partial charge in [-0.25, -0.2) is 0 Å². The molecule has 0 bridgehead atoms. The summed E-state index contributed by atoms with van der Waals surface area (Å²) in [6, 6.07) is 19.4. The van der Waals surface area contributed by atoms with Crippen LogP contribution in [-0.4, -0.2) is 36.5 Å². The molecule has 2 fully saturated rings. The summed E-state index contributed by atoms with van der Waals surface area (Å²) < 4.78 is 0. The number of carbonyl (C=O) groups excluding carboxylic acids is 1. The first-order chi connectivity index (χ1) is 13.2. The van der Waals surface area contributed by atoms with Crippen LogP contribution in [0.4, 0.5) is 5.69 Å². The number of hydrogen-bond acceptors (Lipinski definition) is 2. The van der Waals surface area contributed by atoms with E-state index in [0.717, 1.165) is 57.4 Å². The molecule has 1 saturated heterocycles. The van der Waals surface area contributed by atoms with Crippen molar-refractivity contribution < 1.29 is 4.79 Å². The molecule has 2 aromatic rings. The topological polar surface area (TPSA) is 23.6 Å². The maximum absolute atomic E-state index is 13.1. The van der Waals surface area contributed by atoms with E-state index in [0.29, 0.717) is 11.9 Å². The first kappa shape index (κ1) is 18.2. The molecule has 0 aromatic heterocycles. The molecule has 0 spiro atoms. The van der Waals surface area contributed by atoms with Gasteiger partial charge in [-0.2, -0.15) is 0 Å². The summed E-state index contributed by atoms with van der Waals surface area (Å²) in [6.45, 7) is 5.39. The highest BCUT2D eigenvalue weighted by atomic mass is 16.2. The number of aryl methyl sites for hydroxylation is 1. The third-order valence-electron chi connectivity index (χ3n) is 6.02. The fourth-order valence-corrected chi connectivity index (χ4v) is 4.19. The summed E-state index contributed by atoms with van der Waals surface area (Å²) in [4.78, 5) is 17.8. The number of piperidine rings is 1. The molecular weight excluding hydrogens is 332 g/mol. The van der Waals surface area contributed by atoms with Gasteiger partial charge in [0.25, 0.3) is 0 Å². The quantitative estimate of drug-likeness (QED) is 0.758. The van der Waals surface area contributed by atoms with Crippen LogP contribution in [0, 0.1) is 12.8 Å². The molecule has 2 aromatic carbocycles. The van der Waals surface area contributed by atoms with Crippen LogP contribution in [0.15, 0.2) is 54.6 Å². The van der Waals surface area contributed by atoms with Crippen molar-refractivity contribution in [3.8, 4) is 0 Å². The number of carbonyl (C=O) groups is 1. The maximum atomic E-state index is 13.1. The monoisotopic (exact) mass is 362 g/mol. The van der Waals surface area contributed by atoms with E-state index < -0.39 is 0 Å². The van der Waals surface area contributed by atoms with Crippen LogP contribution in [0.2, 0.25) is 0 Å². The lowest BCUT2D eigenvalue weighted by molar-refractivity contribution is -0.120. The Bertz CT molecular complexity index is 761. The van der Waals surface area contributed by atoms with Crippen LogP contribution in [0.25, 0.3) is 0 Å². The van der Waals surface area contributed by atoms with E-state index >= 15 is 0 Å². The van der Waals surface area contributed by atoms with E-state index in [1.165, 1.54) is 11.1 Å². The maximum Gasteiger partial charge on any atom is 0.230 e. The fraction of sp³-hybridized carbons (Fsp3) is 0.458. The highest BCUT2D eigenvalue weighted by Gasteiger charge is 2.38. The van der Waals surface area contributed by atoms with E-state index in [4.69, 9.17) is 0 Å². The van der Waals surface area contributed by atoms with Gasteiger partial charge in [-0.15, -0.1) is 0 Å². The third-order valence-corrected chi connectivity index (χ3v) is 6.02. The van der Waals surface area contributed by atoms with Gasteiger partial charge in [0, 0.05) is 37.3 Å². The molecular formula is C24H30N2O. The minimum Gasteiger partial charge on any atom is -0.309 e. The van der Waals surface area contributed by atoms with E-state index in [2.05, 4.69) is 71.3 Å². The zero-order valence-electron chi connectivity index (χ0n) is 16.3. The Balaban J connectivity index is 1.39. The van der Waals surface area contributed by atoms with Crippen molar-refractivity contribution in [2.75, 3.05) is 24.5 Å². The molecule has 0 unspecified atom stereocenters. The predicted octanol–water partition coefficient (Wildman–Crippen LogP) is 4.45. The number of nitrogens with zero attached hydrogens (tertiary/aromatic N) is 2. The van der Waals surface area contributed by atoms with Crippen molar-refractivity contribution in [2.24, 2.45) is 5.92 Å². The third kappa shape index (κ3) is 4.41. The number of benzene rings is 2. The minimum absolute atomic E-state index is 0.265. The van der Waals surface area contributed by atoms with Crippen molar-refractivity contribution in [2.45, 2.75) is 45.1 Å². The average molecular weight is 363 g/mol. The summed E-state index contributed by atoms with van der Waals surface area (Å²) in [5.41, 5.74) is 3.74. The number of rotatable bonds is 6. The largest absolute Gasteiger partial charge is 0.309 e. The van der Waals surface area contributed by atoms with Crippen LogP contribution in [0.5, 0.6) is 0 Å². The van der Waals surface area contributed by atoms with Gasteiger partial charge in [0.1, 0.15) is 0 Å². The number of amides is 1. The molecule has 1 saturated carbocycles. The molecule has 4 rings (SSSR count). The van der Waals surface area contributed by atoms with Gasteiger partial charge in [0.05, 0.1) is 0 Å². The molecule has 1 aliphatic carbocycles. The lowest BCUT2D eigenvalue weighted by atomic mass is 9.99. The van der Waals surface area contributed by atoms with Gasteiger partial charge >= 0.3 is 0 Å². The second kappa shape index (κ2) is 8.26. The van der Waals surface area contributed by atoms with Crippen molar-refractivity contribution in [3.63, 3.8) is 0 Å². The molecule has 1 amide bonds. The highest BCUT2D eigenvalue weighted by molar-refractivity contribution is 5.97. The normalized spacial score (nSPS) is 18.4. The number of hydrogen-bond donors (Lipinski definition) is 0. The Morgan fingerprint density at radius 3 is 2.30 bits per heavy atom. The lowest BCUT2D eigenvalue weighted by Crippen LogP contribution is -2.48. The number of likely N-dealkylation sites (tertiary alicyclic amines) is 1. The first-order valence-electron chi connectivity index (χ1n) is 10.4. The summed E-state index contributed by atoms with van der Waals surface area (Å²) in [5, 5.41) is 0. The van der Waals surface area contributed by atoms with Gasteiger partial charge in [0.2, 0.25) is 5.91 Å². The zero-order chi connectivity index (χ0) is 18.6. The van der Waals surface area contributed by atoms with E-state index in [9.17, 15) is 4.79 Å². The standard InChI is InChI=1S/C24H30N2O/c1-19-7-5-6-10-23(19)26(24(27)21-11-12-21)22-14-17-25(18-15-22)16-13-20-8-3-2-4-9-20/h2-10,21-22H,11-18H2,1H3. The van der Waals surface area contributed by atoms with Crippen molar-refractivity contribution in [3.05, 3.63) is 65.7 Å². The molecule has 142 valence electrons. The van der Waals surface area contributed by atoms with Crippen molar-refractivity contribution in [1.82, 2.24) is 4.90 Å². The summed E-state index contributed by atoms with van der Waals surface area (Å²) in [6.07, 6.45) is 5.38. The van der Waals surface area contributed by atoms with Gasteiger partial charge in [0.15, 0.2) is 0 Å². The predicted molar refractivity (Wildman–Crippen MR) is 111 cm³/mol. The molecule has 0 N–H and O–H groups in total. The molecule has 3 nitrogen and oxygen atoms in total. The Kier molecular flexibility index (Phi) is 5.58. The molecule has 27 heavy (non-hydrogen) atoms. The van der Waals surface area contributed by atoms with Crippen LogP contribution in [0.3, 0.4) is 0 Å². The Hall–Kier alpha value is -2.13. The zero-order valence-corrected chi connectivity index (χ0v) is 16.3. The van der Waals surface area contributed by atoms with Crippen molar-refractivity contribution in [1.29, 1.82) is 0 Å². The second-order valence-corrected chi connectivity index (χ2v) is 8.08. The van der Waals surface area contributed by atoms with Crippen LogP contribution < -0.4 is 4.90 Å². The van der Waals surface area contributed by atoms with Crippen LogP contribution in [0.1, 0.15) is 36.8 Å². The smallest absolute Gasteiger partial charge is 0.230 e. The van der Waals surface area contributed by atoms with Gasteiger partial charge in [-0.3, -0.25) is 4.79 Å². The lowest BCUT2D eigenvalue weighted by Gasteiger charge is -2.39. The average Bonchev–Trinajstić information content (AvgIpc) is 3.55. The Morgan fingerprint density at radius 2 is 1.63 bits per heavy atom. The fourth-order valence-electron chi connectivity index (χ4n) is 4.19. The number of anilines is 1. The molecule has 1 aliphatic heterocycles. The molecule has 3 heteroatoms. The highest BCUT2D eigenvalue weighted by Crippen LogP contribution is 2.36. The Morgan fingerprint density at radius 1 is 0.963 bits per heavy atom. The molecule has 0 atom stereocenters. The number of para-hydroxylation sites is 1. The van der Waals surface area contributed by atoms with Gasteiger partial charge < -0.3 is 9.80 Å². The summed E-state index contributed by atoms with van der Waals surface area (Å²) in [5.74, 6) is 0.618. The second-order valence-electron chi connectivity index (χ2n) is 8.08. The molecule has 1 heterocycles. The van der Waals surface area contributed by atoms with E-state index in [-0.39, 0.29) is 5.92 Å². The van der Waals surface area contributed by atoms with E-state index in [1.54, 1.807) is 0 Å². The summed E-state index contributed by atoms with van der Waals surface area (Å²) >= 11 is 0. The Labute approximate surface area is 163 Å². The van der Waals surface area contributed by atoms with Gasteiger partial charge in [-0.05, 0) is 56.2 Å². The summed E-state index contributed by atoms with van der Waals surface area (Å²) in [7, 11) is 0. The SMILES string of the molecule is Cc1ccccc1N(C(=O)C1CC1)C1CCN(CCc2ccccc2)CC1. The van der Waals surface area contributed by atoms with E-state index in [1.807, 2.05) is 0 Å². The van der Waals surface area contributed by atoms with Crippen molar-refractivity contribution >= 4 is 11.6 Å². The minimum atomic E-state index is 0.265.